The smallest absolute Gasteiger partial charge is 0.120 e. The summed E-state index contributed by atoms with van der Waals surface area (Å²) in [5.74, 6) is 0.909. The van der Waals surface area contributed by atoms with Gasteiger partial charge in [-0.3, -0.25) is 0 Å². The van der Waals surface area contributed by atoms with Gasteiger partial charge in [-0.1, -0.05) is 30.3 Å². The Morgan fingerprint density at radius 1 is 1.05 bits per heavy atom. The van der Waals surface area contributed by atoms with Crippen molar-refractivity contribution in [3.8, 4) is 5.75 Å². The number of quaternary nitrogens is 1. The molecule has 0 radical (unpaired) electrons. The summed E-state index contributed by atoms with van der Waals surface area (Å²) in [5, 5.41) is 1.24. The van der Waals surface area contributed by atoms with Crippen LogP contribution < -0.4 is 10.5 Å². The molecule has 1 aromatic heterocycles. The van der Waals surface area contributed by atoms with Gasteiger partial charge >= 0.3 is 0 Å². The van der Waals surface area contributed by atoms with Crippen molar-refractivity contribution in [1.82, 2.24) is 4.98 Å². The number of hydrogen-bond acceptors (Lipinski definition) is 1. The zero-order chi connectivity index (χ0) is 13.8. The van der Waals surface area contributed by atoms with Gasteiger partial charge in [-0.2, -0.15) is 0 Å². The molecule has 4 N–H and O–H groups in total. The van der Waals surface area contributed by atoms with Crippen LogP contribution in [0, 0.1) is 0 Å². The minimum absolute atomic E-state index is 0.599. The summed E-state index contributed by atoms with van der Waals surface area (Å²) in [5.41, 5.74) is 7.56. The van der Waals surface area contributed by atoms with E-state index >= 15 is 0 Å². The molecule has 0 aliphatic carbocycles. The molecule has 0 aliphatic heterocycles. The quantitative estimate of drug-likeness (QED) is 0.733. The third-order valence-electron chi connectivity index (χ3n) is 3.43. The van der Waals surface area contributed by atoms with E-state index in [2.05, 4.69) is 41.2 Å². The summed E-state index contributed by atoms with van der Waals surface area (Å²) < 4.78 is 5.87. The molecular weight excluding hydrogens is 248 g/mol. The second-order valence-electron chi connectivity index (χ2n) is 4.90. The van der Waals surface area contributed by atoms with E-state index in [1.165, 1.54) is 16.5 Å². The van der Waals surface area contributed by atoms with Crippen LogP contribution in [0.1, 0.15) is 11.1 Å². The number of rotatable bonds is 5. The van der Waals surface area contributed by atoms with Crippen LogP contribution in [0.25, 0.3) is 10.9 Å². The first-order chi connectivity index (χ1) is 9.86. The molecule has 0 saturated heterocycles. The number of aromatic amines is 1. The van der Waals surface area contributed by atoms with Gasteiger partial charge in [-0.05, 0) is 29.3 Å². The summed E-state index contributed by atoms with van der Waals surface area (Å²) >= 11 is 0. The number of hydrogen-bond donors (Lipinski definition) is 2. The number of ether oxygens (including phenoxy) is 1. The molecule has 0 saturated carbocycles. The number of nitrogens with one attached hydrogen (secondary N) is 1. The molecule has 0 bridgehead atoms. The average Bonchev–Trinajstić information content (AvgIpc) is 2.89. The summed E-state index contributed by atoms with van der Waals surface area (Å²) in [6, 6.07) is 16.4. The van der Waals surface area contributed by atoms with Gasteiger partial charge in [0.15, 0.2) is 0 Å². The van der Waals surface area contributed by atoms with Gasteiger partial charge in [-0.15, -0.1) is 0 Å². The molecule has 0 amide bonds. The van der Waals surface area contributed by atoms with Gasteiger partial charge in [0.25, 0.3) is 0 Å². The predicted molar refractivity (Wildman–Crippen MR) is 80.5 cm³/mol. The number of benzene rings is 2. The fourth-order valence-electron chi connectivity index (χ4n) is 2.39. The second-order valence-corrected chi connectivity index (χ2v) is 4.90. The molecule has 3 nitrogen and oxygen atoms in total. The maximum Gasteiger partial charge on any atom is 0.120 e. The van der Waals surface area contributed by atoms with Gasteiger partial charge in [0.2, 0.25) is 0 Å². The zero-order valence-corrected chi connectivity index (χ0v) is 11.4. The van der Waals surface area contributed by atoms with Crippen molar-refractivity contribution in [2.45, 2.75) is 13.0 Å². The van der Waals surface area contributed by atoms with E-state index in [4.69, 9.17) is 4.74 Å². The Balaban J connectivity index is 1.79. The Morgan fingerprint density at radius 3 is 2.70 bits per heavy atom. The molecule has 0 unspecified atom stereocenters. The number of fused-ring (bicyclic) bond motifs is 1. The van der Waals surface area contributed by atoms with Crippen molar-refractivity contribution in [3.63, 3.8) is 0 Å². The first-order valence-corrected chi connectivity index (χ1v) is 6.93. The highest BCUT2D eigenvalue weighted by Gasteiger charge is 2.05. The fourth-order valence-corrected chi connectivity index (χ4v) is 2.39. The first kappa shape index (κ1) is 12.8. The van der Waals surface area contributed by atoms with Crippen LogP contribution in [-0.2, 0) is 13.0 Å². The Hall–Kier alpha value is -2.26. The first-order valence-electron chi connectivity index (χ1n) is 6.93. The molecule has 0 spiro atoms. The van der Waals surface area contributed by atoms with Crippen LogP contribution in [0.3, 0.4) is 0 Å². The average molecular weight is 267 g/mol. The largest absolute Gasteiger partial charge is 0.489 e. The van der Waals surface area contributed by atoms with Gasteiger partial charge in [0, 0.05) is 23.5 Å². The van der Waals surface area contributed by atoms with E-state index < -0.39 is 0 Å². The molecule has 3 heteroatoms. The van der Waals surface area contributed by atoms with Gasteiger partial charge in [-0.25, -0.2) is 0 Å². The highest BCUT2D eigenvalue weighted by atomic mass is 16.5. The fraction of sp³-hybridized carbons (Fsp3) is 0.176. The van der Waals surface area contributed by atoms with Crippen molar-refractivity contribution in [2.75, 3.05) is 6.54 Å². The Bertz CT molecular complexity index is 689. The lowest BCUT2D eigenvalue weighted by atomic mass is 10.1. The Kier molecular flexibility index (Phi) is 3.70. The van der Waals surface area contributed by atoms with E-state index in [1.807, 2.05) is 24.3 Å². The van der Waals surface area contributed by atoms with Crippen LogP contribution in [0.5, 0.6) is 5.75 Å². The van der Waals surface area contributed by atoms with Crippen LogP contribution in [-0.4, -0.2) is 11.5 Å². The minimum Gasteiger partial charge on any atom is -0.489 e. The normalized spacial score (nSPS) is 10.8. The standard InChI is InChI=1S/C17H18N2O/c18-9-8-14-11-19-17-7-6-15(10-16(14)17)20-12-13-4-2-1-3-5-13/h1-7,10-11,19H,8-9,12,18H2/p+1. The summed E-state index contributed by atoms with van der Waals surface area (Å²) in [6.45, 7) is 1.50. The highest BCUT2D eigenvalue weighted by molar-refractivity contribution is 5.84. The van der Waals surface area contributed by atoms with Crippen LogP contribution in [0.4, 0.5) is 0 Å². The number of H-pyrrole nitrogens is 1. The topological polar surface area (TPSA) is 52.7 Å². The SMILES string of the molecule is [NH3+]CCc1c[nH]c2ccc(OCc3ccccc3)cc12. The monoisotopic (exact) mass is 267 g/mol. The Morgan fingerprint density at radius 2 is 1.90 bits per heavy atom. The van der Waals surface area contributed by atoms with Gasteiger partial charge in [0.05, 0.1) is 6.54 Å². The van der Waals surface area contributed by atoms with Crippen LogP contribution in [0.2, 0.25) is 0 Å². The highest BCUT2D eigenvalue weighted by Crippen LogP contribution is 2.24. The lowest BCUT2D eigenvalue weighted by Gasteiger charge is -2.06. The molecule has 1 heterocycles. The van der Waals surface area contributed by atoms with Crippen molar-refractivity contribution in [3.05, 3.63) is 65.9 Å². The third-order valence-corrected chi connectivity index (χ3v) is 3.43. The van der Waals surface area contributed by atoms with Crippen LogP contribution in [0.15, 0.2) is 54.7 Å². The van der Waals surface area contributed by atoms with Crippen molar-refractivity contribution >= 4 is 10.9 Å². The molecule has 20 heavy (non-hydrogen) atoms. The molecular formula is C17H19N2O+. The molecule has 3 aromatic rings. The lowest BCUT2D eigenvalue weighted by Crippen LogP contribution is -2.51. The van der Waals surface area contributed by atoms with E-state index in [-0.39, 0.29) is 0 Å². The molecule has 0 atom stereocenters. The third kappa shape index (κ3) is 2.68. The minimum atomic E-state index is 0.599. The van der Waals surface area contributed by atoms with Gasteiger partial charge < -0.3 is 15.5 Å². The molecule has 3 rings (SSSR count). The molecule has 0 aliphatic rings. The predicted octanol–water partition coefficient (Wildman–Crippen LogP) is 2.53. The van der Waals surface area contributed by atoms with Gasteiger partial charge in [0.1, 0.15) is 12.4 Å². The van der Waals surface area contributed by atoms with Crippen molar-refractivity contribution in [1.29, 1.82) is 0 Å². The summed E-state index contributed by atoms with van der Waals surface area (Å²) in [7, 11) is 0. The van der Waals surface area contributed by atoms with Crippen molar-refractivity contribution < 1.29 is 10.5 Å². The maximum absolute atomic E-state index is 5.87. The van der Waals surface area contributed by atoms with E-state index in [0.29, 0.717) is 6.61 Å². The lowest BCUT2D eigenvalue weighted by molar-refractivity contribution is -0.366. The van der Waals surface area contributed by atoms with E-state index in [1.54, 1.807) is 0 Å². The van der Waals surface area contributed by atoms with Crippen LogP contribution >= 0.6 is 0 Å². The van der Waals surface area contributed by atoms with E-state index in [9.17, 15) is 0 Å². The second kappa shape index (κ2) is 5.80. The number of aromatic nitrogens is 1. The Labute approximate surface area is 118 Å². The zero-order valence-electron chi connectivity index (χ0n) is 11.4. The molecule has 102 valence electrons. The molecule has 0 fully saturated rings. The molecule has 2 aromatic carbocycles. The van der Waals surface area contributed by atoms with E-state index in [0.717, 1.165) is 24.2 Å². The maximum atomic E-state index is 5.87. The summed E-state index contributed by atoms with van der Waals surface area (Å²) in [4.78, 5) is 3.29. The van der Waals surface area contributed by atoms with Crippen molar-refractivity contribution in [2.24, 2.45) is 0 Å². The summed E-state index contributed by atoms with van der Waals surface area (Å²) in [6.07, 6.45) is 3.05.